The van der Waals surface area contributed by atoms with Gasteiger partial charge in [-0.2, -0.15) is 18.3 Å². The Morgan fingerprint density at radius 3 is 2.52 bits per heavy atom. The second-order valence-corrected chi connectivity index (χ2v) is 6.94. The van der Waals surface area contributed by atoms with E-state index in [2.05, 4.69) is 5.10 Å². The maximum Gasteiger partial charge on any atom is 0.416 e. The second kappa shape index (κ2) is 8.88. The van der Waals surface area contributed by atoms with Crippen molar-refractivity contribution in [3.05, 3.63) is 57.5 Å². The highest BCUT2D eigenvalue weighted by Gasteiger charge is 2.31. The average molecular weight is 439 g/mol. The number of alkyl halides is 3. The topological polar surface area (TPSA) is 90.7 Å². The predicted molar refractivity (Wildman–Crippen MR) is 102 cm³/mol. The number of aromatic nitrogens is 2. The molecule has 1 aromatic carbocycles. The average Bonchev–Trinajstić information content (AvgIpc) is 2.73. The van der Waals surface area contributed by atoms with Crippen molar-refractivity contribution in [1.29, 1.82) is 0 Å². The Bertz CT molecular complexity index is 1050. The number of esters is 1. The van der Waals surface area contributed by atoms with E-state index in [0.29, 0.717) is 26.3 Å². The first-order valence-electron chi connectivity index (χ1n) is 9.44. The van der Waals surface area contributed by atoms with E-state index in [1.165, 1.54) is 30.9 Å². The van der Waals surface area contributed by atoms with Crippen molar-refractivity contribution < 1.29 is 32.2 Å². The highest BCUT2D eigenvalue weighted by molar-refractivity contribution is 5.90. The molecule has 0 bridgehead atoms. The fourth-order valence-corrected chi connectivity index (χ4v) is 3.07. The zero-order chi connectivity index (χ0) is 22.8. The summed E-state index contributed by atoms with van der Waals surface area (Å²) < 4.78 is 50.4. The minimum Gasteiger partial charge on any atom is -0.448 e. The van der Waals surface area contributed by atoms with Gasteiger partial charge in [0.2, 0.25) is 11.1 Å². The third kappa shape index (κ3) is 5.10. The number of amides is 1. The lowest BCUT2D eigenvalue weighted by Crippen LogP contribution is -2.46. The zero-order valence-electron chi connectivity index (χ0n) is 16.8. The quantitative estimate of drug-likeness (QED) is 0.677. The molecular weight excluding hydrogens is 419 g/mol. The maximum atomic E-state index is 13.0. The summed E-state index contributed by atoms with van der Waals surface area (Å²) in [6.07, 6.45) is -5.74. The van der Waals surface area contributed by atoms with Crippen LogP contribution < -0.4 is 5.43 Å². The fraction of sp³-hybridized carbons (Fsp3) is 0.400. The van der Waals surface area contributed by atoms with Gasteiger partial charge in [-0.15, -0.1) is 0 Å². The summed E-state index contributed by atoms with van der Waals surface area (Å²) in [5.41, 5.74) is -2.07. The van der Waals surface area contributed by atoms with Crippen molar-refractivity contribution in [2.24, 2.45) is 0 Å². The highest BCUT2D eigenvalue weighted by atomic mass is 19.4. The number of hydrogen-bond donors (Lipinski definition) is 0. The molecule has 1 unspecified atom stereocenters. The molecule has 31 heavy (non-hydrogen) atoms. The van der Waals surface area contributed by atoms with Gasteiger partial charge in [0, 0.05) is 24.8 Å². The van der Waals surface area contributed by atoms with Gasteiger partial charge in [0.25, 0.3) is 5.91 Å². The van der Waals surface area contributed by atoms with Crippen molar-refractivity contribution in [3.8, 4) is 5.69 Å². The molecule has 8 nitrogen and oxygen atoms in total. The molecule has 0 saturated carbocycles. The molecule has 1 aliphatic heterocycles. The molecule has 1 fully saturated rings. The molecule has 1 atom stereocenters. The van der Waals surface area contributed by atoms with E-state index in [0.717, 1.165) is 22.9 Å². The van der Waals surface area contributed by atoms with Gasteiger partial charge in [0.05, 0.1) is 24.5 Å². The number of ether oxygens (including phenoxy) is 2. The van der Waals surface area contributed by atoms with Gasteiger partial charge in [-0.3, -0.25) is 9.59 Å². The van der Waals surface area contributed by atoms with Crippen LogP contribution in [0.4, 0.5) is 13.2 Å². The van der Waals surface area contributed by atoms with Crippen LogP contribution in [0, 0.1) is 6.92 Å². The Kier molecular flexibility index (Phi) is 6.44. The van der Waals surface area contributed by atoms with Crippen LogP contribution in [-0.2, 0) is 20.4 Å². The molecule has 3 rings (SSSR count). The summed E-state index contributed by atoms with van der Waals surface area (Å²) in [5, 5.41) is 3.91. The number of carbonyl (C=O) groups excluding carboxylic acids is 2. The van der Waals surface area contributed by atoms with Gasteiger partial charge in [-0.1, -0.05) is 6.07 Å². The van der Waals surface area contributed by atoms with Gasteiger partial charge >= 0.3 is 12.1 Å². The van der Waals surface area contributed by atoms with Gasteiger partial charge in [-0.05, 0) is 32.0 Å². The fourth-order valence-electron chi connectivity index (χ4n) is 3.07. The molecule has 2 aromatic rings. The lowest BCUT2D eigenvalue weighted by molar-refractivity contribution is -0.143. The van der Waals surface area contributed by atoms with Crippen LogP contribution in [0.1, 0.15) is 28.7 Å². The maximum absolute atomic E-state index is 13.0. The van der Waals surface area contributed by atoms with Crippen molar-refractivity contribution in [3.63, 3.8) is 0 Å². The minimum absolute atomic E-state index is 0.0128. The summed E-state index contributed by atoms with van der Waals surface area (Å²) in [5.74, 6) is -1.58. The van der Waals surface area contributed by atoms with E-state index in [-0.39, 0.29) is 11.4 Å². The first-order valence-corrected chi connectivity index (χ1v) is 9.44. The van der Waals surface area contributed by atoms with Crippen molar-refractivity contribution in [1.82, 2.24) is 14.7 Å². The Labute approximate surface area is 175 Å². The SMILES string of the molecule is Cc1cc(=O)c(C(=O)OC(C)C(=O)N2CCOCC2)nn1-c1cccc(C(F)(F)F)c1. The van der Waals surface area contributed by atoms with E-state index in [9.17, 15) is 27.6 Å². The van der Waals surface area contributed by atoms with Gasteiger partial charge in [-0.25, -0.2) is 9.48 Å². The van der Waals surface area contributed by atoms with Crippen LogP contribution in [0.25, 0.3) is 5.69 Å². The van der Waals surface area contributed by atoms with Crippen LogP contribution in [0.5, 0.6) is 0 Å². The molecule has 0 spiro atoms. The highest BCUT2D eigenvalue weighted by Crippen LogP contribution is 2.30. The van der Waals surface area contributed by atoms with Gasteiger partial charge in [0.1, 0.15) is 0 Å². The number of hydrogen-bond acceptors (Lipinski definition) is 6. The second-order valence-electron chi connectivity index (χ2n) is 6.94. The number of carbonyl (C=O) groups is 2. The van der Waals surface area contributed by atoms with Gasteiger partial charge in [0.15, 0.2) is 6.10 Å². The minimum atomic E-state index is -4.57. The summed E-state index contributed by atoms with van der Waals surface area (Å²) in [6.45, 7) is 4.28. The number of nitrogens with zero attached hydrogens (tertiary/aromatic N) is 3. The number of morpholine rings is 1. The lowest BCUT2D eigenvalue weighted by atomic mass is 10.2. The Balaban J connectivity index is 1.86. The Hall–Kier alpha value is -3.21. The van der Waals surface area contributed by atoms with E-state index in [1.54, 1.807) is 0 Å². The van der Waals surface area contributed by atoms with Crippen molar-refractivity contribution in [2.75, 3.05) is 26.3 Å². The normalized spacial score (nSPS) is 15.5. The molecule has 2 heterocycles. The number of rotatable bonds is 4. The first kappa shape index (κ1) is 22.5. The molecule has 1 saturated heterocycles. The van der Waals surface area contributed by atoms with E-state index >= 15 is 0 Å². The van der Waals surface area contributed by atoms with E-state index in [4.69, 9.17) is 9.47 Å². The Morgan fingerprint density at radius 1 is 1.19 bits per heavy atom. The molecular formula is C20H20F3N3O5. The lowest BCUT2D eigenvalue weighted by Gasteiger charge is -2.28. The summed E-state index contributed by atoms with van der Waals surface area (Å²) in [6, 6.07) is 5.37. The largest absolute Gasteiger partial charge is 0.448 e. The molecule has 0 radical (unpaired) electrons. The number of aryl methyl sites for hydroxylation is 1. The van der Waals surface area contributed by atoms with Crippen LogP contribution >= 0.6 is 0 Å². The third-order valence-corrected chi connectivity index (χ3v) is 4.67. The molecule has 1 aromatic heterocycles. The summed E-state index contributed by atoms with van der Waals surface area (Å²) in [4.78, 5) is 38.7. The molecule has 166 valence electrons. The van der Waals surface area contributed by atoms with Crippen LogP contribution in [0.15, 0.2) is 35.1 Å². The van der Waals surface area contributed by atoms with Crippen LogP contribution in [0.2, 0.25) is 0 Å². The van der Waals surface area contributed by atoms with Gasteiger partial charge < -0.3 is 14.4 Å². The molecule has 1 amide bonds. The third-order valence-electron chi connectivity index (χ3n) is 4.67. The molecule has 0 aliphatic carbocycles. The van der Waals surface area contributed by atoms with Crippen LogP contribution in [0.3, 0.4) is 0 Å². The van der Waals surface area contributed by atoms with Crippen LogP contribution in [-0.4, -0.2) is 59.0 Å². The predicted octanol–water partition coefficient (Wildman–Crippen LogP) is 1.96. The molecule has 11 heteroatoms. The summed E-state index contributed by atoms with van der Waals surface area (Å²) in [7, 11) is 0. The van der Waals surface area contributed by atoms with Crippen molar-refractivity contribution >= 4 is 11.9 Å². The monoisotopic (exact) mass is 439 g/mol. The van der Waals surface area contributed by atoms with E-state index in [1.807, 2.05) is 0 Å². The Morgan fingerprint density at radius 2 is 1.87 bits per heavy atom. The van der Waals surface area contributed by atoms with Crippen molar-refractivity contribution in [2.45, 2.75) is 26.1 Å². The number of halogens is 3. The smallest absolute Gasteiger partial charge is 0.416 e. The standard InChI is InChI=1S/C20H20F3N3O5/c1-12-10-16(27)17(19(29)31-13(2)18(28)25-6-8-30-9-7-25)24-26(12)15-5-3-4-14(11-15)20(21,22)23/h3-5,10-11,13H,6-9H2,1-2H3. The molecule has 0 N–H and O–H groups in total. The first-order chi connectivity index (χ1) is 14.6. The number of benzene rings is 1. The molecule has 1 aliphatic rings. The van der Waals surface area contributed by atoms with E-state index < -0.39 is 40.8 Å². The zero-order valence-corrected chi connectivity index (χ0v) is 16.8. The summed E-state index contributed by atoms with van der Waals surface area (Å²) >= 11 is 0.